The maximum absolute atomic E-state index is 16.3. The molecule has 1 aliphatic carbocycles. The number of halogens is 2. The Kier molecular flexibility index (Phi) is 8.59. The summed E-state index contributed by atoms with van der Waals surface area (Å²) in [5.41, 5.74) is 3.59. The predicted molar refractivity (Wildman–Crippen MR) is 155 cm³/mol. The molecular formula is C33H38F2N2O4. The van der Waals surface area contributed by atoms with Gasteiger partial charge in [-0.1, -0.05) is 19.1 Å². The van der Waals surface area contributed by atoms with Gasteiger partial charge in [0.2, 0.25) is 0 Å². The van der Waals surface area contributed by atoms with Gasteiger partial charge in [-0.15, -0.1) is 0 Å². The number of likely N-dealkylation sites (tertiary alicyclic amines) is 1. The number of aromatic nitrogens is 1. The van der Waals surface area contributed by atoms with Crippen LogP contribution in [0.1, 0.15) is 85.5 Å². The van der Waals surface area contributed by atoms with Gasteiger partial charge in [-0.25, -0.2) is 13.6 Å². The highest BCUT2D eigenvalue weighted by molar-refractivity contribution is 5.90. The van der Waals surface area contributed by atoms with Gasteiger partial charge in [0, 0.05) is 48.6 Å². The van der Waals surface area contributed by atoms with Gasteiger partial charge in [-0.3, -0.25) is 9.69 Å². The van der Waals surface area contributed by atoms with Gasteiger partial charge in [0.1, 0.15) is 5.82 Å². The van der Waals surface area contributed by atoms with Gasteiger partial charge < -0.3 is 14.0 Å². The Labute approximate surface area is 239 Å². The predicted octanol–water partition coefficient (Wildman–Crippen LogP) is 6.64. The molecule has 0 amide bonds. The zero-order valence-electron chi connectivity index (χ0n) is 24.2. The third-order valence-corrected chi connectivity index (χ3v) is 8.16. The number of rotatable bonds is 9. The number of piperidine rings is 1. The minimum Gasteiger partial charge on any atom is -0.488 e. The summed E-state index contributed by atoms with van der Waals surface area (Å²) >= 11 is 0. The molecule has 218 valence electrons. The third kappa shape index (κ3) is 6.08. The summed E-state index contributed by atoms with van der Waals surface area (Å²) < 4.78 is 42.6. The number of ether oxygens (including phenoxy) is 2. The molecule has 0 spiro atoms. The van der Waals surface area contributed by atoms with Crippen molar-refractivity contribution in [3.8, 4) is 16.9 Å². The highest BCUT2D eigenvalue weighted by Gasteiger charge is 2.32. The zero-order chi connectivity index (χ0) is 29.3. The molecule has 0 bridgehead atoms. The fourth-order valence-corrected chi connectivity index (χ4v) is 5.93. The second kappa shape index (κ2) is 12.1. The van der Waals surface area contributed by atoms with Crippen molar-refractivity contribution in [3.05, 3.63) is 86.8 Å². The molecule has 1 aromatic heterocycles. The van der Waals surface area contributed by atoms with E-state index in [-0.39, 0.29) is 41.0 Å². The Morgan fingerprint density at radius 2 is 1.73 bits per heavy atom. The molecule has 6 nitrogen and oxygen atoms in total. The van der Waals surface area contributed by atoms with E-state index in [1.165, 1.54) is 19.2 Å². The number of pyridine rings is 1. The van der Waals surface area contributed by atoms with Crippen molar-refractivity contribution in [1.82, 2.24) is 9.47 Å². The first-order valence-corrected chi connectivity index (χ1v) is 14.5. The van der Waals surface area contributed by atoms with E-state index in [9.17, 15) is 14.0 Å². The topological polar surface area (TPSA) is 60.8 Å². The number of esters is 1. The first-order chi connectivity index (χ1) is 19.7. The monoisotopic (exact) mass is 564 g/mol. The largest absolute Gasteiger partial charge is 0.488 e. The van der Waals surface area contributed by atoms with E-state index in [1.54, 1.807) is 29.0 Å². The van der Waals surface area contributed by atoms with Crippen molar-refractivity contribution in [2.24, 2.45) is 0 Å². The van der Waals surface area contributed by atoms with Crippen molar-refractivity contribution in [2.75, 3.05) is 20.2 Å². The molecule has 3 aromatic rings. The van der Waals surface area contributed by atoms with Crippen LogP contribution in [0.2, 0.25) is 0 Å². The second-order valence-corrected chi connectivity index (χ2v) is 11.4. The molecule has 0 unspecified atom stereocenters. The molecular weight excluding hydrogens is 526 g/mol. The van der Waals surface area contributed by atoms with Crippen LogP contribution in [-0.4, -0.2) is 41.7 Å². The second-order valence-electron chi connectivity index (χ2n) is 11.4. The fraction of sp³-hybridized carbons (Fsp3) is 0.455. The van der Waals surface area contributed by atoms with Gasteiger partial charge in [0.15, 0.2) is 11.6 Å². The number of benzene rings is 2. The van der Waals surface area contributed by atoms with Crippen LogP contribution in [0.5, 0.6) is 5.75 Å². The van der Waals surface area contributed by atoms with Crippen LogP contribution in [-0.2, 0) is 17.7 Å². The molecule has 0 atom stereocenters. The number of methoxy groups -OCH3 is 1. The van der Waals surface area contributed by atoms with Crippen molar-refractivity contribution >= 4 is 5.97 Å². The van der Waals surface area contributed by atoms with Crippen molar-refractivity contribution < 1.29 is 23.0 Å². The van der Waals surface area contributed by atoms with Gasteiger partial charge in [0.25, 0.3) is 5.56 Å². The summed E-state index contributed by atoms with van der Waals surface area (Å²) in [6.07, 6.45) is 5.46. The molecule has 1 saturated carbocycles. The van der Waals surface area contributed by atoms with Crippen molar-refractivity contribution in [3.63, 3.8) is 0 Å². The van der Waals surface area contributed by atoms with Crippen molar-refractivity contribution in [2.45, 2.75) is 77.5 Å². The maximum Gasteiger partial charge on any atom is 0.338 e. The normalized spacial score (nSPS) is 16.3. The minimum atomic E-state index is -0.497. The van der Waals surface area contributed by atoms with Crippen LogP contribution in [0, 0.1) is 11.6 Å². The summed E-state index contributed by atoms with van der Waals surface area (Å²) in [6.45, 7) is 7.63. The molecule has 5 rings (SSSR count). The summed E-state index contributed by atoms with van der Waals surface area (Å²) in [7, 11) is 1.32. The molecule has 1 aliphatic heterocycles. The Morgan fingerprint density at radius 1 is 1.05 bits per heavy atom. The lowest BCUT2D eigenvalue weighted by molar-refractivity contribution is 0.0598. The van der Waals surface area contributed by atoms with Crippen LogP contribution < -0.4 is 10.3 Å². The van der Waals surface area contributed by atoms with Gasteiger partial charge in [-0.2, -0.15) is 0 Å². The number of hydrogen-bond donors (Lipinski definition) is 0. The van der Waals surface area contributed by atoms with E-state index in [2.05, 4.69) is 11.0 Å². The third-order valence-electron chi connectivity index (χ3n) is 8.16. The van der Waals surface area contributed by atoms with Crippen molar-refractivity contribution in [1.29, 1.82) is 0 Å². The number of hydrogen-bond acceptors (Lipinski definition) is 5. The van der Waals surface area contributed by atoms with Gasteiger partial charge in [-0.05, 0) is 87.3 Å². The van der Waals surface area contributed by atoms with E-state index in [1.807, 2.05) is 20.8 Å². The zero-order valence-corrected chi connectivity index (χ0v) is 24.2. The Bertz CT molecular complexity index is 1470. The van der Waals surface area contributed by atoms with E-state index in [0.29, 0.717) is 35.2 Å². The summed E-state index contributed by atoms with van der Waals surface area (Å²) in [5.74, 6) is -0.691. The lowest BCUT2D eigenvalue weighted by Gasteiger charge is -2.34. The van der Waals surface area contributed by atoms with E-state index < -0.39 is 5.97 Å². The molecule has 0 N–H and O–H groups in total. The molecule has 8 heteroatoms. The Morgan fingerprint density at radius 3 is 2.32 bits per heavy atom. The first-order valence-electron chi connectivity index (χ1n) is 14.5. The van der Waals surface area contributed by atoms with Crippen LogP contribution in [0.4, 0.5) is 8.78 Å². The standard InChI is InChI=1S/C33H38F2N2O4/c1-5-26-27(33(39)40-4)14-17-37(32(26)38)25-12-15-36(16-13-25)19-23-18-28(21-6-7-21)29(22-8-10-24(34)11-9-22)30(35)31(23)41-20(2)3/h8-11,14,17-18,20-21,25H,5-7,12-13,15-16,19H2,1-4H3. The smallest absolute Gasteiger partial charge is 0.338 e. The maximum atomic E-state index is 16.3. The molecule has 2 heterocycles. The first kappa shape index (κ1) is 29.0. The lowest BCUT2D eigenvalue weighted by atomic mass is 9.92. The molecule has 0 radical (unpaired) electrons. The van der Waals surface area contributed by atoms with E-state index in [0.717, 1.165) is 49.9 Å². The van der Waals surface area contributed by atoms with E-state index in [4.69, 9.17) is 9.47 Å². The summed E-state index contributed by atoms with van der Waals surface area (Å²) in [4.78, 5) is 27.6. The fourth-order valence-electron chi connectivity index (χ4n) is 5.93. The van der Waals surface area contributed by atoms with Gasteiger partial charge >= 0.3 is 5.97 Å². The Balaban J connectivity index is 1.40. The number of nitrogens with zero attached hydrogens (tertiary/aromatic N) is 2. The van der Waals surface area contributed by atoms with Crippen LogP contribution in [0.15, 0.2) is 47.4 Å². The molecule has 41 heavy (non-hydrogen) atoms. The van der Waals surface area contributed by atoms with Crippen LogP contribution in [0.25, 0.3) is 11.1 Å². The quantitative estimate of drug-likeness (QED) is 0.273. The number of carbonyl (C=O) groups is 1. The average Bonchev–Trinajstić information content (AvgIpc) is 3.81. The van der Waals surface area contributed by atoms with Gasteiger partial charge in [0.05, 0.1) is 18.8 Å². The lowest BCUT2D eigenvalue weighted by Crippen LogP contribution is -2.38. The molecule has 2 aliphatic rings. The van der Waals surface area contributed by atoms with Crippen LogP contribution in [0.3, 0.4) is 0 Å². The molecule has 1 saturated heterocycles. The SMILES string of the molecule is CCc1c(C(=O)OC)ccn(C2CCN(Cc3cc(C4CC4)c(-c4ccc(F)cc4)c(F)c3OC(C)C)CC2)c1=O. The Hall–Kier alpha value is -3.52. The summed E-state index contributed by atoms with van der Waals surface area (Å²) in [6, 6.07) is 9.78. The minimum absolute atomic E-state index is 0.0155. The average molecular weight is 565 g/mol. The highest BCUT2D eigenvalue weighted by Crippen LogP contribution is 2.48. The number of carbonyl (C=O) groups excluding carboxylic acids is 1. The molecule has 2 fully saturated rings. The van der Waals surface area contributed by atoms with Crippen LogP contribution >= 0.6 is 0 Å². The summed E-state index contributed by atoms with van der Waals surface area (Å²) in [5, 5.41) is 0. The molecule has 2 aromatic carbocycles. The highest BCUT2D eigenvalue weighted by atomic mass is 19.1. The van der Waals surface area contributed by atoms with E-state index >= 15 is 4.39 Å².